The molecule has 0 saturated carbocycles. The van der Waals surface area contributed by atoms with Crippen molar-refractivity contribution in [2.75, 3.05) is 6.54 Å². The topological polar surface area (TPSA) is 65.8 Å². The highest BCUT2D eigenvalue weighted by Crippen LogP contribution is 2.26. The van der Waals surface area contributed by atoms with Crippen LogP contribution in [0.2, 0.25) is 0 Å². The Bertz CT molecular complexity index is 755. The van der Waals surface area contributed by atoms with Gasteiger partial charge in [0.25, 0.3) is 0 Å². The minimum absolute atomic E-state index is 0.0218. The average molecular weight is 321 g/mol. The van der Waals surface area contributed by atoms with E-state index in [0.29, 0.717) is 18.2 Å². The fraction of sp³-hybridized carbons (Fsp3) is 0.350. The Hall–Kier alpha value is -2.67. The molecule has 0 bridgehead atoms. The van der Waals surface area contributed by atoms with E-state index < -0.39 is 5.41 Å². The number of carbonyl (C=O) groups is 1. The summed E-state index contributed by atoms with van der Waals surface area (Å²) in [5.74, 6) is 0.444. The van der Waals surface area contributed by atoms with Crippen LogP contribution in [-0.4, -0.2) is 17.4 Å². The van der Waals surface area contributed by atoms with Crippen molar-refractivity contribution in [1.82, 2.24) is 10.3 Å². The number of rotatable bonds is 5. The van der Waals surface area contributed by atoms with Crippen molar-refractivity contribution in [3.05, 3.63) is 53.7 Å². The van der Waals surface area contributed by atoms with Gasteiger partial charge in [-0.15, -0.1) is 0 Å². The molecule has 2 rings (SSSR count). The standard InChI is InChI=1S/C20H23N3O/c1-14(2)13-22-19(24)20(3,4)16-10-8-15(9-11-16)18-7-5-6-17(12-21)23-18/h5-11,14H,13H2,1-4H3,(H,22,24). The van der Waals surface area contributed by atoms with Gasteiger partial charge in [-0.25, -0.2) is 4.98 Å². The molecule has 2 aromatic rings. The number of carbonyl (C=O) groups excluding carboxylic acids is 1. The number of nitrogens with one attached hydrogen (secondary N) is 1. The van der Waals surface area contributed by atoms with Gasteiger partial charge in [0.05, 0.1) is 11.1 Å². The Morgan fingerprint density at radius 3 is 2.46 bits per heavy atom. The normalized spacial score (nSPS) is 11.2. The second-order valence-corrected chi connectivity index (χ2v) is 6.83. The Kier molecular flexibility index (Phi) is 5.35. The van der Waals surface area contributed by atoms with Crippen LogP contribution in [0.25, 0.3) is 11.3 Å². The van der Waals surface area contributed by atoms with E-state index in [9.17, 15) is 4.79 Å². The molecule has 4 heteroatoms. The van der Waals surface area contributed by atoms with E-state index in [-0.39, 0.29) is 5.91 Å². The van der Waals surface area contributed by atoms with Crippen LogP contribution < -0.4 is 5.32 Å². The summed E-state index contributed by atoms with van der Waals surface area (Å²) in [4.78, 5) is 16.7. The van der Waals surface area contributed by atoms with Crippen molar-refractivity contribution >= 4 is 5.91 Å². The van der Waals surface area contributed by atoms with E-state index in [1.54, 1.807) is 6.07 Å². The van der Waals surface area contributed by atoms with Crippen LogP contribution in [0.15, 0.2) is 42.5 Å². The average Bonchev–Trinajstić information content (AvgIpc) is 2.59. The highest BCUT2D eigenvalue weighted by molar-refractivity contribution is 5.87. The van der Waals surface area contributed by atoms with E-state index in [1.165, 1.54) is 0 Å². The molecule has 0 fully saturated rings. The van der Waals surface area contributed by atoms with Gasteiger partial charge in [0.15, 0.2) is 0 Å². The highest BCUT2D eigenvalue weighted by Gasteiger charge is 2.29. The molecule has 1 N–H and O–H groups in total. The molecule has 0 radical (unpaired) electrons. The van der Waals surface area contributed by atoms with Crippen LogP contribution in [0.1, 0.15) is 39.0 Å². The van der Waals surface area contributed by atoms with Gasteiger partial charge in [-0.3, -0.25) is 4.79 Å². The van der Waals surface area contributed by atoms with Crippen LogP contribution in [0.5, 0.6) is 0 Å². The summed E-state index contributed by atoms with van der Waals surface area (Å²) >= 11 is 0. The zero-order chi connectivity index (χ0) is 17.7. The molecule has 0 saturated heterocycles. The molecule has 1 heterocycles. The van der Waals surface area contributed by atoms with Gasteiger partial charge >= 0.3 is 0 Å². The second kappa shape index (κ2) is 7.27. The number of hydrogen-bond acceptors (Lipinski definition) is 3. The van der Waals surface area contributed by atoms with Crippen molar-refractivity contribution in [2.45, 2.75) is 33.1 Å². The number of pyridine rings is 1. The molecule has 0 aliphatic rings. The van der Waals surface area contributed by atoms with E-state index in [0.717, 1.165) is 16.8 Å². The van der Waals surface area contributed by atoms with Crippen LogP contribution >= 0.6 is 0 Å². The fourth-order valence-electron chi connectivity index (χ4n) is 2.36. The largest absolute Gasteiger partial charge is 0.355 e. The van der Waals surface area contributed by atoms with Gasteiger partial charge in [-0.2, -0.15) is 5.26 Å². The summed E-state index contributed by atoms with van der Waals surface area (Å²) in [7, 11) is 0. The first kappa shape index (κ1) is 17.7. The summed E-state index contributed by atoms with van der Waals surface area (Å²) in [6.45, 7) is 8.67. The third-order valence-electron chi connectivity index (χ3n) is 4.00. The third kappa shape index (κ3) is 3.99. The molecule has 0 atom stereocenters. The zero-order valence-electron chi connectivity index (χ0n) is 14.6. The Morgan fingerprint density at radius 1 is 1.21 bits per heavy atom. The van der Waals surface area contributed by atoms with Crippen molar-refractivity contribution in [3.8, 4) is 17.3 Å². The molecular weight excluding hydrogens is 298 g/mol. The summed E-state index contributed by atoms with van der Waals surface area (Å²) in [6.07, 6.45) is 0. The van der Waals surface area contributed by atoms with Crippen molar-refractivity contribution in [2.24, 2.45) is 5.92 Å². The SMILES string of the molecule is CC(C)CNC(=O)C(C)(C)c1ccc(-c2cccc(C#N)n2)cc1. The number of aromatic nitrogens is 1. The zero-order valence-corrected chi connectivity index (χ0v) is 14.6. The van der Waals surface area contributed by atoms with Crippen molar-refractivity contribution in [1.29, 1.82) is 5.26 Å². The van der Waals surface area contributed by atoms with E-state index in [1.807, 2.05) is 56.3 Å². The minimum Gasteiger partial charge on any atom is -0.355 e. The maximum atomic E-state index is 12.4. The molecule has 124 valence electrons. The summed E-state index contributed by atoms with van der Waals surface area (Å²) in [5.41, 5.74) is 2.42. The molecule has 1 amide bonds. The van der Waals surface area contributed by atoms with Gasteiger partial charge in [0.1, 0.15) is 11.8 Å². The fourth-order valence-corrected chi connectivity index (χ4v) is 2.36. The predicted molar refractivity (Wildman–Crippen MR) is 95.3 cm³/mol. The summed E-state index contributed by atoms with van der Waals surface area (Å²) in [6, 6.07) is 15.2. The van der Waals surface area contributed by atoms with Crippen LogP contribution in [0.4, 0.5) is 0 Å². The molecule has 0 spiro atoms. The first-order valence-electron chi connectivity index (χ1n) is 8.11. The van der Waals surface area contributed by atoms with E-state index >= 15 is 0 Å². The Morgan fingerprint density at radius 2 is 1.88 bits per heavy atom. The highest BCUT2D eigenvalue weighted by atomic mass is 16.2. The quantitative estimate of drug-likeness (QED) is 0.913. The minimum atomic E-state index is -0.602. The number of nitrogens with zero attached hydrogens (tertiary/aromatic N) is 2. The maximum Gasteiger partial charge on any atom is 0.230 e. The molecule has 0 unspecified atom stereocenters. The predicted octanol–water partition coefficient (Wildman–Crippen LogP) is 3.67. The van der Waals surface area contributed by atoms with Crippen LogP contribution in [-0.2, 0) is 10.2 Å². The third-order valence-corrected chi connectivity index (χ3v) is 4.00. The first-order valence-corrected chi connectivity index (χ1v) is 8.11. The lowest BCUT2D eigenvalue weighted by Gasteiger charge is -2.25. The van der Waals surface area contributed by atoms with Crippen LogP contribution in [0.3, 0.4) is 0 Å². The number of amides is 1. The molecule has 1 aromatic carbocycles. The van der Waals surface area contributed by atoms with Gasteiger partial charge < -0.3 is 5.32 Å². The van der Waals surface area contributed by atoms with Gasteiger partial charge in [-0.1, -0.05) is 44.2 Å². The molecule has 4 nitrogen and oxygen atoms in total. The van der Waals surface area contributed by atoms with E-state index in [2.05, 4.69) is 24.1 Å². The lowest BCUT2D eigenvalue weighted by atomic mass is 9.83. The van der Waals surface area contributed by atoms with Gasteiger partial charge in [0.2, 0.25) is 5.91 Å². The Balaban J connectivity index is 2.21. The lowest BCUT2D eigenvalue weighted by Crippen LogP contribution is -2.41. The molecule has 24 heavy (non-hydrogen) atoms. The molecular formula is C20H23N3O. The van der Waals surface area contributed by atoms with Crippen molar-refractivity contribution in [3.63, 3.8) is 0 Å². The molecule has 0 aliphatic heterocycles. The monoisotopic (exact) mass is 321 g/mol. The number of benzene rings is 1. The van der Waals surface area contributed by atoms with Crippen molar-refractivity contribution < 1.29 is 4.79 Å². The summed E-state index contributed by atoms with van der Waals surface area (Å²) < 4.78 is 0. The number of hydrogen-bond donors (Lipinski definition) is 1. The summed E-state index contributed by atoms with van der Waals surface area (Å²) in [5, 5.41) is 11.9. The number of nitriles is 1. The lowest BCUT2D eigenvalue weighted by molar-refractivity contribution is -0.125. The smallest absolute Gasteiger partial charge is 0.230 e. The van der Waals surface area contributed by atoms with Crippen LogP contribution in [0, 0.1) is 17.2 Å². The molecule has 0 aliphatic carbocycles. The first-order chi connectivity index (χ1) is 11.3. The maximum absolute atomic E-state index is 12.4. The van der Waals surface area contributed by atoms with Gasteiger partial charge in [-0.05, 0) is 37.5 Å². The molecule has 1 aromatic heterocycles. The second-order valence-electron chi connectivity index (χ2n) is 6.83. The Labute approximate surface area is 143 Å². The van der Waals surface area contributed by atoms with E-state index in [4.69, 9.17) is 5.26 Å². The van der Waals surface area contributed by atoms with Gasteiger partial charge in [0, 0.05) is 12.1 Å².